The number of piperidine rings is 1. The van der Waals surface area contributed by atoms with Gasteiger partial charge in [-0.1, -0.05) is 30.3 Å². The van der Waals surface area contributed by atoms with Gasteiger partial charge in [0.25, 0.3) is 0 Å². The normalized spacial score (nSPS) is 29.0. The molecule has 2 atom stereocenters. The monoisotopic (exact) mass is 208 g/mol. The molecule has 0 saturated carbocycles. The zero-order valence-corrected chi connectivity index (χ0v) is 8.86. The minimum absolute atomic E-state index is 0.102. The van der Waals surface area contributed by atoms with Gasteiger partial charge >= 0.3 is 0 Å². The van der Waals surface area contributed by atoms with Crippen LogP contribution in [-0.4, -0.2) is 17.0 Å². The zero-order valence-electron chi connectivity index (χ0n) is 7.97. The summed E-state index contributed by atoms with van der Waals surface area (Å²) in [5, 5.41) is 12.4. The average Bonchev–Trinajstić information content (AvgIpc) is 2.23. The summed E-state index contributed by atoms with van der Waals surface area (Å²) in [5.41, 5.74) is 1.27. The van der Waals surface area contributed by atoms with E-state index in [-0.39, 0.29) is 5.37 Å². The second-order valence-electron chi connectivity index (χ2n) is 3.77. The van der Waals surface area contributed by atoms with Crippen molar-refractivity contribution in [2.24, 2.45) is 0 Å². The van der Waals surface area contributed by atoms with Gasteiger partial charge in [-0.25, -0.2) is 0 Å². The standard InChI is InChI=1S/C11H14NOS/c13-12-8-10(6-7-11(12)14)9-4-2-1-3-5-9/h1-5,10-11,14H,6-8H2/q-1. The summed E-state index contributed by atoms with van der Waals surface area (Å²) in [7, 11) is 0. The third-order valence-electron chi connectivity index (χ3n) is 2.78. The van der Waals surface area contributed by atoms with Gasteiger partial charge < -0.3 is 10.3 Å². The molecule has 0 bridgehead atoms. The molecule has 76 valence electrons. The van der Waals surface area contributed by atoms with E-state index in [4.69, 9.17) is 0 Å². The molecule has 2 rings (SSSR count). The number of hydroxylamine groups is 2. The van der Waals surface area contributed by atoms with Crippen LogP contribution in [0.25, 0.3) is 0 Å². The Labute approximate surface area is 89.9 Å². The summed E-state index contributed by atoms with van der Waals surface area (Å²) in [6.07, 6.45) is 1.95. The molecule has 1 aliphatic heterocycles. The summed E-state index contributed by atoms with van der Waals surface area (Å²) in [6.45, 7) is 0.582. The fourth-order valence-corrected chi connectivity index (χ4v) is 2.17. The van der Waals surface area contributed by atoms with E-state index in [0.717, 1.165) is 17.9 Å². The van der Waals surface area contributed by atoms with Crippen LogP contribution in [0.2, 0.25) is 0 Å². The average molecular weight is 208 g/mol. The van der Waals surface area contributed by atoms with E-state index in [2.05, 4.69) is 24.8 Å². The summed E-state index contributed by atoms with van der Waals surface area (Å²) < 4.78 is 0. The van der Waals surface area contributed by atoms with Crippen LogP contribution in [0.4, 0.5) is 0 Å². The van der Waals surface area contributed by atoms with E-state index < -0.39 is 0 Å². The quantitative estimate of drug-likeness (QED) is 0.718. The first-order valence-electron chi connectivity index (χ1n) is 4.94. The molecule has 3 heteroatoms. The van der Waals surface area contributed by atoms with Crippen molar-refractivity contribution in [1.29, 1.82) is 0 Å². The van der Waals surface area contributed by atoms with Gasteiger partial charge in [-0.2, -0.15) is 12.6 Å². The van der Waals surface area contributed by atoms with Crippen molar-refractivity contribution in [1.82, 2.24) is 5.06 Å². The molecule has 1 fully saturated rings. The molecule has 2 nitrogen and oxygen atoms in total. The van der Waals surface area contributed by atoms with Crippen molar-refractivity contribution in [3.8, 4) is 0 Å². The molecule has 1 aromatic carbocycles. The lowest BCUT2D eigenvalue weighted by Gasteiger charge is -2.42. The van der Waals surface area contributed by atoms with E-state index in [1.54, 1.807) is 0 Å². The first kappa shape index (κ1) is 10.0. The Kier molecular flexibility index (Phi) is 3.11. The Hall–Kier alpha value is -0.510. The van der Waals surface area contributed by atoms with Crippen molar-refractivity contribution in [3.05, 3.63) is 41.1 Å². The molecule has 0 radical (unpaired) electrons. The molecule has 0 aliphatic carbocycles. The Morgan fingerprint density at radius 1 is 1.21 bits per heavy atom. The molecule has 0 aromatic heterocycles. The Morgan fingerprint density at radius 2 is 1.93 bits per heavy atom. The lowest BCUT2D eigenvalue weighted by molar-refractivity contribution is 0.258. The van der Waals surface area contributed by atoms with Crippen LogP contribution in [-0.2, 0) is 0 Å². The van der Waals surface area contributed by atoms with Gasteiger partial charge in [-0.15, -0.1) is 0 Å². The van der Waals surface area contributed by atoms with E-state index >= 15 is 0 Å². The molecular weight excluding hydrogens is 194 g/mol. The van der Waals surface area contributed by atoms with Crippen LogP contribution in [0.3, 0.4) is 0 Å². The van der Waals surface area contributed by atoms with E-state index in [1.807, 2.05) is 18.2 Å². The summed E-state index contributed by atoms with van der Waals surface area (Å²) in [5.74, 6) is 0.386. The maximum absolute atomic E-state index is 11.4. The third-order valence-corrected chi connectivity index (χ3v) is 3.29. The van der Waals surface area contributed by atoms with Crippen LogP contribution >= 0.6 is 12.6 Å². The molecule has 1 aliphatic rings. The van der Waals surface area contributed by atoms with Crippen molar-refractivity contribution in [2.75, 3.05) is 6.54 Å². The van der Waals surface area contributed by atoms with E-state index in [0.29, 0.717) is 12.5 Å². The highest BCUT2D eigenvalue weighted by Gasteiger charge is 2.20. The number of thiol groups is 1. The molecule has 0 N–H and O–H groups in total. The zero-order chi connectivity index (χ0) is 9.97. The van der Waals surface area contributed by atoms with Gasteiger partial charge in [0.1, 0.15) is 0 Å². The van der Waals surface area contributed by atoms with Crippen LogP contribution in [0.1, 0.15) is 24.3 Å². The largest absolute Gasteiger partial charge is 0.784 e. The molecule has 1 saturated heterocycles. The lowest BCUT2D eigenvalue weighted by atomic mass is 9.91. The first-order chi connectivity index (χ1) is 6.77. The number of nitrogens with zero attached hydrogens (tertiary/aromatic N) is 1. The predicted octanol–water partition coefficient (Wildman–Crippen LogP) is 2.62. The van der Waals surface area contributed by atoms with Crippen molar-refractivity contribution < 1.29 is 0 Å². The Morgan fingerprint density at radius 3 is 2.57 bits per heavy atom. The van der Waals surface area contributed by atoms with Crippen molar-refractivity contribution in [2.45, 2.75) is 24.1 Å². The molecular formula is C11H14NOS-. The van der Waals surface area contributed by atoms with Crippen LogP contribution in [0.5, 0.6) is 0 Å². The number of hydrogen-bond acceptors (Lipinski definition) is 3. The van der Waals surface area contributed by atoms with E-state index in [1.165, 1.54) is 5.56 Å². The SMILES string of the molecule is [O-]N1CC(c2ccccc2)CCC1S. The molecule has 1 aromatic rings. The van der Waals surface area contributed by atoms with E-state index in [9.17, 15) is 5.21 Å². The van der Waals surface area contributed by atoms with Crippen molar-refractivity contribution >= 4 is 12.6 Å². The summed E-state index contributed by atoms with van der Waals surface area (Å²) >= 11 is 4.22. The third kappa shape index (κ3) is 2.11. The lowest BCUT2D eigenvalue weighted by Crippen LogP contribution is -2.35. The maximum atomic E-state index is 11.4. The molecule has 1 heterocycles. The topological polar surface area (TPSA) is 26.3 Å². The second kappa shape index (κ2) is 4.34. The fraction of sp³-hybridized carbons (Fsp3) is 0.455. The Balaban J connectivity index is 2.07. The molecule has 0 spiro atoms. The van der Waals surface area contributed by atoms with Gasteiger partial charge in [0.2, 0.25) is 0 Å². The molecule has 2 unspecified atom stereocenters. The van der Waals surface area contributed by atoms with Gasteiger partial charge in [-0.05, 0) is 30.9 Å². The highest BCUT2D eigenvalue weighted by atomic mass is 32.1. The second-order valence-corrected chi connectivity index (χ2v) is 4.36. The predicted molar refractivity (Wildman–Crippen MR) is 61.3 cm³/mol. The highest BCUT2D eigenvalue weighted by molar-refractivity contribution is 7.80. The van der Waals surface area contributed by atoms with Gasteiger partial charge in [0.15, 0.2) is 0 Å². The van der Waals surface area contributed by atoms with Gasteiger partial charge in [-0.3, -0.25) is 0 Å². The smallest absolute Gasteiger partial charge is 0.0414 e. The molecule has 14 heavy (non-hydrogen) atoms. The van der Waals surface area contributed by atoms with Gasteiger partial charge in [0.05, 0.1) is 0 Å². The van der Waals surface area contributed by atoms with Crippen LogP contribution < -0.4 is 0 Å². The van der Waals surface area contributed by atoms with Crippen LogP contribution in [0.15, 0.2) is 30.3 Å². The molecule has 0 amide bonds. The maximum Gasteiger partial charge on any atom is 0.0414 e. The minimum Gasteiger partial charge on any atom is -0.784 e. The number of hydrogen-bond donors (Lipinski definition) is 1. The summed E-state index contributed by atoms with van der Waals surface area (Å²) in [6, 6.07) is 10.2. The fourth-order valence-electron chi connectivity index (χ4n) is 1.92. The van der Waals surface area contributed by atoms with Gasteiger partial charge in [0, 0.05) is 5.37 Å². The minimum atomic E-state index is -0.102. The van der Waals surface area contributed by atoms with Crippen molar-refractivity contribution in [3.63, 3.8) is 0 Å². The number of benzene rings is 1. The number of rotatable bonds is 1. The highest BCUT2D eigenvalue weighted by Crippen LogP contribution is 2.30. The first-order valence-corrected chi connectivity index (χ1v) is 5.46. The summed E-state index contributed by atoms with van der Waals surface area (Å²) in [4.78, 5) is 0. The Bertz CT molecular complexity index is 291. The van der Waals surface area contributed by atoms with Crippen LogP contribution in [0, 0.1) is 5.21 Å².